The Morgan fingerprint density at radius 1 is 1.00 bits per heavy atom. The van der Waals surface area contributed by atoms with Crippen LogP contribution in [0.2, 0.25) is 0 Å². The summed E-state index contributed by atoms with van der Waals surface area (Å²) in [5.74, 6) is -0.417. The molecule has 1 N–H and O–H groups in total. The Bertz CT molecular complexity index is 832. The number of likely N-dealkylation sites (tertiary alicyclic amines) is 1. The van der Waals surface area contributed by atoms with Crippen molar-refractivity contribution in [3.8, 4) is 6.07 Å². The summed E-state index contributed by atoms with van der Waals surface area (Å²) in [6.07, 6.45) is 7.27. The smallest absolute Gasteiger partial charge is 0.257 e. The van der Waals surface area contributed by atoms with E-state index in [2.05, 4.69) is 10.3 Å². The molecule has 2 amide bonds. The van der Waals surface area contributed by atoms with Gasteiger partial charge >= 0.3 is 0 Å². The van der Waals surface area contributed by atoms with Gasteiger partial charge in [-0.1, -0.05) is 12.8 Å². The highest BCUT2D eigenvalue weighted by atomic mass is 16.2. The molecule has 0 aliphatic carbocycles. The number of amides is 2. The second-order valence-electron chi connectivity index (χ2n) is 6.31. The maximum Gasteiger partial charge on any atom is 0.257 e. The zero-order chi connectivity index (χ0) is 18.4. The Kier molecular flexibility index (Phi) is 5.59. The number of nitriles is 1. The van der Waals surface area contributed by atoms with Crippen molar-refractivity contribution in [2.24, 2.45) is 0 Å². The fourth-order valence-corrected chi connectivity index (χ4v) is 2.97. The number of nitrogens with zero attached hydrogens (tertiary/aromatic N) is 3. The lowest BCUT2D eigenvalue weighted by atomic mass is 10.1. The van der Waals surface area contributed by atoms with Gasteiger partial charge in [0.05, 0.1) is 22.8 Å². The van der Waals surface area contributed by atoms with E-state index in [1.54, 1.807) is 30.3 Å². The van der Waals surface area contributed by atoms with Crippen molar-refractivity contribution < 1.29 is 9.59 Å². The molecule has 1 fully saturated rings. The SMILES string of the molecule is N#Cc1ccc(NC(=O)c2cncc(C(=O)N3CCCCCC3)c2)cc1. The predicted octanol–water partition coefficient (Wildman–Crippen LogP) is 3.22. The van der Waals surface area contributed by atoms with Crippen LogP contribution in [0.15, 0.2) is 42.7 Å². The molecule has 1 aliphatic heterocycles. The number of nitrogens with one attached hydrogen (secondary N) is 1. The number of pyridine rings is 1. The van der Waals surface area contributed by atoms with Gasteiger partial charge < -0.3 is 10.2 Å². The highest BCUT2D eigenvalue weighted by Gasteiger charge is 2.19. The van der Waals surface area contributed by atoms with Gasteiger partial charge in [-0.2, -0.15) is 5.26 Å². The van der Waals surface area contributed by atoms with Crippen LogP contribution in [0, 0.1) is 11.3 Å². The first-order valence-corrected chi connectivity index (χ1v) is 8.73. The standard InChI is InChI=1S/C20H20N4O2/c21-12-15-5-7-18(8-6-15)23-19(25)16-11-17(14-22-13-16)20(26)24-9-3-1-2-4-10-24/h5-8,11,13-14H,1-4,9-10H2,(H,23,25). The Hall–Kier alpha value is -3.20. The van der Waals surface area contributed by atoms with Gasteiger partial charge in [-0.15, -0.1) is 0 Å². The average Bonchev–Trinajstić information content (AvgIpc) is 2.97. The number of benzene rings is 1. The van der Waals surface area contributed by atoms with E-state index < -0.39 is 0 Å². The van der Waals surface area contributed by atoms with Crippen molar-refractivity contribution in [3.05, 3.63) is 59.4 Å². The molecule has 6 nitrogen and oxygen atoms in total. The number of carbonyl (C=O) groups excluding carboxylic acids is 2. The molecule has 3 rings (SSSR count). The molecular formula is C20H20N4O2. The topological polar surface area (TPSA) is 86.1 Å². The van der Waals surface area contributed by atoms with Crippen molar-refractivity contribution in [2.45, 2.75) is 25.7 Å². The van der Waals surface area contributed by atoms with Crippen LogP contribution in [0.5, 0.6) is 0 Å². The van der Waals surface area contributed by atoms with Gasteiger partial charge in [-0.25, -0.2) is 0 Å². The maximum absolute atomic E-state index is 12.7. The van der Waals surface area contributed by atoms with Crippen LogP contribution in [0.4, 0.5) is 5.69 Å². The monoisotopic (exact) mass is 348 g/mol. The van der Waals surface area contributed by atoms with Gasteiger partial charge in [0.25, 0.3) is 11.8 Å². The van der Waals surface area contributed by atoms with Crippen molar-refractivity contribution >= 4 is 17.5 Å². The van der Waals surface area contributed by atoms with Gasteiger partial charge in [-0.3, -0.25) is 14.6 Å². The Morgan fingerprint density at radius 2 is 1.65 bits per heavy atom. The number of hydrogen-bond acceptors (Lipinski definition) is 4. The quantitative estimate of drug-likeness (QED) is 0.923. The molecule has 2 aromatic rings. The Labute approximate surface area is 152 Å². The molecule has 2 heterocycles. The van der Waals surface area contributed by atoms with E-state index in [1.165, 1.54) is 12.4 Å². The molecule has 1 saturated heterocycles. The summed E-state index contributed by atoms with van der Waals surface area (Å²) in [4.78, 5) is 31.0. The van der Waals surface area contributed by atoms with E-state index in [9.17, 15) is 9.59 Å². The van der Waals surface area contributed by atoms with Gasteiger partial charge in [0.1, 0.15) is 0 Å². The second-order valence-corrected chi connectivity index (χ2v) is 6.31. The molecular weight excluding hydrogens is 328 g/mol. The molecule has 0 saturated carbocycles. The molecule has 0 radical (unpaired) electrons. The van der Waals surface area contributed by atoms with Crippen molar-refractivity contribution in [2.75, 3.05) is 18.4 Å². The summed E-state index contributed by atoms with van der Waals surface area (Å²) in [7, 11) is 0. The van der Waals surface area contributed by atoms with Crippen LogP contribution in [0.3, 0.4) is 0 Å². The Morgan fingerprint density at radius 3 is 2.31 bits per heavy atom. The molecule has 0 unspecified atom stereocenters. The number of hydrogen-bond donors (Lipinski definition) is 1. The molecule has 1 aromatic heterocycles. The van der Waals surface area contributed by atoms with Crippen molar-refractivity contribution in [3.63, 3.8) is 0 Å². The first-order chi connectivity index (χ1) is 12.7. The fraction of sp³-hybridized carbons (Fsp3) is 0.300. The van der Waals surface area contributed by atoms with Crippen LogP contribution < -0.4 is 5.32 Å². The van der Waals surface area contributed by atoms with E-state index in [-0.39, 0.29) is 11.8 Å². The van der Waals surface area contributed by atoms with Gasteiger partial charge in [0, 0.05) is 31.2 Å². The summed E-state index contributed by atoms with van der Waals surface area (Å²) in [5, 5.41) is 11.6. The van der Waals surface area contributed by atoms with E-state index in [0.29, 0.717) is 22.4 Å². The van der Waals surface area contributed by atoms with E-state index in [1.807, 2.05) is 11.0 Å². The molecule has 1 aliphatic rings. The molecule has 0 bridgehead atoms. The summed E-state index contributed by atoms with van der Waals surface area (Å²) in [5.41, 5.74) is 1.86. The van der Waals surface area contributed by atoms with E-state index >= 15 is 0 Å². The molecule has 0 atom stereocenters. The Balaban J connectivity index is 1.72. The van der Waals surface area contributed by atoms with Gasteiger partial charge in [0.15, 0.2) is 0 Å². The number of carbonyl (C=O) groups is 2. The summed E-state index contributed by atoms with van der Waals surface area (Å²) in [6, 6.07) is 10.2. The highest BCUT2D eigenvalue weighted by molar-refractivity contribution is 6.05. The van der Waals surface area contributed by atoms with Crippen molar-refractivity contribution in [1.29, 1.82) is 5.26 Å². The molecule has 0 spiro atoms. The lowest BCUT2D eigenvalue weighted by molar-refractivity contribution is 0.0761. The zero-order valence-corrected chi connectivity index (χ0v) is 14.4. The number of rotatable bonds is 3. The number of anilines is 1. The third-order valence-electron chi connectivity index (χ3n) is 4.41. The van der Waals surface area contributed by atoms with E-state index in [0.717, 1.165) is 38.8 Å². The lowest BCUT2D eigenvalue weighted by Crippen LogP contribution is -2.32. The van der Waals surface area contributed by atoms with Gasteiger partial charge in [-0.05, 0) is 43.2 Å². The average molecular weight is 348 g/mol. The summed E-state index contributed by atoms with van der Waals surface area (Å²) < 4.78 is 0. The minimum absolute atomic E-state index is 0.0765. The predicted molar refractivity (Wildman–Crippen MR) is 97.7 cm³/mol. The van der Waals surface area contributed by atoms with Crippen LogP contribution in [0.1, 0.15) is 52.0 Å². The maximum atomic E-state index is 12.7. The normalized spacial score (nSPS) is 14.2. The third kappa shape index (κ3) is 4.25. The van der Waals surface area contributed by atoms with Crippen LogP contribution in [-0.2, 0) is 0 Å². The molecule has 1 aromatic carbocycles. The lowest BCUT2D eigenvalue weighted by Gasteiger charge is -2.20. The highest BCUT2D eigenvalue weighted by Crippen LogP contribution is 2.15. The van der Waals surface area contributed by atoms with Gasteiger partial charge in [0.2, 0.25) is 0 Å². The largest absolute Gasteiger partial charge is 0.339 e. The van der Waals surface area contributed by atoms with Crippen LogP contribution in [0.25, 0.3) is 0 Å². The van der Waals surface area contributed by atoms with E-state index in [4.69, 9.17) is 5.26 Å². The minimum Gasteiger partial charge on any atom is -0.339 e. The van der Waals surface area contributed by atoms with Crippen molar-refractivity contribution in [1.82, 2.24) is 9.88 Å². The summed E-state index contributed by atoms with van der Waals surface area (Å²) in [6.45, 7) is 1.50. The number of aromatic nitrogens is 1. The fourth-order valence-electron chi connectivity index (χ4n) is 2.97. The van der Waals surface area contributed by atoms with Crippen LogP contribution >= 0.6 is 0 Å². The molecule has 26 heavy (non-hydrogen) atoms. The second kappa shape index (κ2) is 8.26. The first kappa shape index (κ1) is 17.6. The minimum atomic E-state index is -0.340. The zero-order valence-electron chi connectivity index (χ0n) is 14.4. The molecule has 132 valence electrons. The molecule has 6 heteroatoms. The third-order valence-corrected chi connectivity index (χ3v) is 4.41. The first-order valence-electron chi connectivity index (χ1n) is 8.73. The van der Waals surface area contributed by atoms with Crippen LogP contribution in [-0.4, -0.2) is 34.8 Å². The summed E-state index contributed by atoms with van der Waals surface area (Å²) >= 11 is 0.